The van der Waals surface area contributed by atoms with Crippen molar-refractivity contribution in [1.29, 1.82) is 0 Å². The lowest BCUT2D eigenvalue weighted by atomic mass is 10.2. The number of halogens is 6. The van der Waals surface area contributed by atoms with Crippen LogP contribution in [0.1, 0.15) is 0 Å². The molecule has 0 fully saturated rings. The molecule has 0 bridgehead atoms. The Labute approximate surface area is 268 Å². The molecule has 0 aliphatic heterocycles. The number of aromatic nitrogens is 3. The summed E-state index contributed by atoms with van der Waals surface area (Å²) < 4.78 is 0. The summed E-state index contributed by atoms with van der Waals surface area (Å²) in [4.78, 5) is 12.0. The average molecular weight is 672 g/mol. The van der Waals surface area contributed by atoms with Gasteiger partial charge in [-0.1, -0.05) is 69.6 Å². The summed E-state index contributed by atoms with van der Waals surface area (Å²) in [6.07, 6.45) is 4.73. The maximum Gasteiger partial charge on any atom is 0.187 e. The molecule has 13 heteroatoms. The van der Waals surface area contributed by atoms with Crippen LogP contribution in [0, 0.1) is 0 Å². The van der Waals surface area contributed by atoms with Crippen LogP contribution in [0.2, 0.25) is 30.1 Å². The van der Waals surface area contributed by atoms with E-state index in [1.807, 2.05) is 0 Å². The number of aromatic hydroxyl groups is 3. The fraction of sp³-hybridized carbons (Fsp3) is 0. The van der Waals surface area contributed by atoms with Gasteiger partial charge in [0, 0.05) is 34.7 Å². The summed E-state index contributed by atoms with van der Waals surface area (Å²) in [5, 5.41) is 32.8. The van der Waals surface area contributed by atoms with E-state index < -0.39 is 0 Å². The second-order valence-electron chi connectivity index (χ2n) is 7.77. The minimum Gasteiger partial charge on any atom is -0.504 e. The van der Waals surface area contributed by atoms with Gasteiger partial charge in [-0.2, -0.15) is 0 Å². The third kappa shape index (κ3) is 6.88. The lowest BCUT2D eigenvalue weighted by molar-refractivity contribution is 0.480. The Balaban J connectivity index is 0.000000163. The SMILES string of the molecule is Oc1c(Cl)cc(Cl)c2cccnc12.Oc1c(Cl)cc(Cl)c2cccnc12.Oc1c(Cl)cc(Cl)c2cccnc12.[AlH3]. The normalized spacial score (nSPS) is 10.3. The van der Waals surface area contributed by atoms with Crippen molar-refractivity contribution >= 4 is 120 Å². The molecule has 0 aliphatic rings. The van der Waals surface area contributed by atoms with E-state index in [-0.39, 0.29) is 49.7 Å². The smallest absolute Gasteiger partial charge is 0.187 e. The minimum atomic E-state index is -0.0262. The lowest BCUT2D eigenvalue weighted by Gasteiger charge is -2.03. The Bertz CT molecular complexity index is 1630. The van der Waals surface area contributed by atoms with Crippen LogP contribution in [0.3, 0.4) is 0 Å². The number of hydrogen-bond acceptors (Lipinski definition) is 6. The summed E-state index contributed by atoms with van der Waals surface area (Å²) in [5.74, 6) is -0.0787. The van der Waals surface area contributed by atoms with Crippen LogP contribution in [0.5, 0.6) is 17.2 Å². The van der Waals surface area contributed by atoms with E-state index in [1.165, 1.54) is 18.2 Å². The monoisotopic (exact) mass is 669 g/mol. The topological polar surface area (TPSA) is 99.4 Å². The van der Waals surface area contributed by atoms with Gasteiger partial charge in [0.15, 0.2) is 34.6 Å². The number of hydrogen-bond donors (Lipinski definition) is 3. The second kappa shape index (κ2) is 14.0. The number of pyridine rings is 3. The van der Waals surface area contributed by atoms with Crippen LogP contribution >= 0.6 is 69.6 Å². The number of nitrogens with zero attached hydrogens (tertiary/aromatic N) is 3. The summed E-state index contributed by atoms with van der Waals surface area (Å²) in [6.45, 7) is 0. The van der Waals surface area contributed by atoms with Gasteiger partial charge >= 0.3 is 0 Å². The Morgan fingerprint density at radius 3 is 0.925 bits per heavy atom. The zero-order valence-electron chi connectivity index (χ0n) is 19.4. The van der Waals surface area contributed by atoms with Crippen LogP contribution in [0.25, 0.3) is 32.7 Å². The highest BCUT2D eigenvalue weighted by Crippen LogP contribution is 2.37. The first kappa shape index (κ1) is 32.1. The van der Waals surface area contributed by atoms with Gasteiger partial charge in [-0.25, -0.2) is 0 Å². The molecular weight excluding hydrogens is 654 g/mol. The molecule has 3 aromatic carbocycles. The first-order valence-corrected chi connectivity index (χ1v) is 13.1. The molecule has 0 atom stereocenters. The summed E-state index contributed by atoms with van der Waals surface area (Å²) >= 11 is 34.9. The third-order valence-corrected chi connectivity index (χ3v) is 7.11. The van der Waals surface area contributed by atoms with Crippen molar-refractivity contribution in [2.24, 2.45) is 0 Å². The molecule has 0 unspecified atom stereocenters. The van der Waals surface area contributed by atoms with Crippen molar-refractivity contribution in [2.45, 2.75) is 0 Å². The molecule has 3 N–H and O–H groups in total. The Morgan fingerprint density at radius 1 is 0.425 bits per heavy atom. The fourth-order valence-electron chi connectivity index (χ4n) is 3.47. The molecule has 6 aromatic rings. The molecule has 0 radical (unpaired) electrons. The van der Waals surface area contributed by atoms with Crippen molar-refractivity contribution < 1.29 is 15.3 Å². The van der Waals surface area contributed by atoms with Crippen molar-refractivity contribution in [3.8, 4) is 17.2 Å². The molecule has 0 spiro atoms. The third-order valence-electron chi connectivity index (χ3n) is 5.31. The van der Waals surface area contributed by atoms with Crippen molar-refractivity contribution in [3.63, 3.8) is 0 Å². The molecule has 6 nitrogen and oxygen atoms in total. The number of phenols is 3. The number of fused-ring (bicyclic) bond motifs is 3. The van der Waals surface area contributed by atoms with Crippen LogP contribution in [-0.2, 0) is 0 Å². The van der Waals surface area contributed by atoms with Crippen LogP contribution in [-0.4, -0.2) is 47.6 Å². The van der Waals surface area contributed by atoms with E-state index in [0.717, 1.165) is 0 Å². The van der Waals surface area contributed by atoms with Gasteiger partial charge < -0.3 is 15.3 Å². The Morgan fingerprint density at radius 2 is 0.675 bits per heavy atom. The van der Waals surface area contributed by atoms with Crippen molar-refractivity contribution in [1.82, 2.24) is 15.0 Å². The van der Waals surface area contributed by atoms with E-state index in [1.54, 1.807) is 55.0 Å². The molecule has 3 aromatic heterocycles. The summed E-state index contributed by atoms with van der Waals surface area (Å²) in [5.41, 5.74) is 1.29. The average Bonchev–Trinajstić information content (AvgIpc) is 2.94. The van der Waals surface area contributed by atoms with Gasteiger partial charge in [0.1, 0.15) is 16.6 Å². The van der Waals surface area contributed by atoms with E-state index in [0.29, 0.717) is 47.8 Å². The van der Waals surface area contributed by atoms with Gasteiger partial charge in [0.2, 0.25) is 0 Å². The molecule has 6 rings (SSSR count). The number of phenolic OH excluding ortho intramolecular Hbond substituents is 3. The largest absolute Gasteiger partial charge is 0.504 e. The van der Waals surface area contributed by atoms with Crippen LogP contribution in [0.15, 0.2) is 73.2 Å². The van der Waals surface area contributed by atoms with E-state index in [4.69, 9.17) is 69.6 Å². The molecule has 0 saturated heterocycles. The van der Waals surface area contributed by atoms with Gasteiger partial charge in [-0.15, -0.1) is 0 Å². The maximum absolute atomic E-state index is 9.53. The highest BCUT2D eigenvalue weighted by Gasteiger charge is 2.10. The summed E-state index contributed by atoms with van der Waals surface area (Å²) in [7, 11) is 0. The maximum atomic E-state index is 9.53. The van der Waals surface area contributed by atoms with Gasteiger partial charge in [0.25, 0.3) is 0 Å². The molecule has 204 valence electrons. The Kier molecular flexibility index (Phi) is 11.2. The van der Waals surface area contributed by atoms with Crippen LogP contribution < -0.4 is 0 Å². The Hall–Kier alpha value is -2.44. The predicted molar refractivity (Wildman–Crippen MR) is 170 cm³/mol. The van der Waals surface area contributed by atoms with Gasteiger partial charge in [-0.05, 0) is 54.6 Å². The quantitative estimate of drug-likeness (QED) is 0.140. The predicted octanol–water partition coefficient (Wildman–Crippen LogP) is 8.56. The molecular formula is C27H18AlCl6N3O3. The van der Waals surface area contributed by atoms with Gasteiger partial charge in [-0.3, -0.25) is 15.0 Å². The van der Waals surface area contributed by atoms with Gasteiger partial charge in [0.05, 0.1) is 30.1 Å². The summed E-state index contributed by atoms with van der Waals surface area (Å²) in [6, 6.07) is 15.1. The fourth-order valence-corrected chi connectivity index (χ4v) is 5.02. The van der Waals surface area contributed by atoms with E-state index in [9.17, 15) is 15.3 Å². The first-order valence-electron chi connectivity index (χ1n) is 10.8. The van der Waals surface area contributed by atoms with E-state index in [2.05, 4.69) is 15.0 Å². The number of benzene rings is 3. The highest BCUT2D eigenvalue weighted by atomic mass is 35.5. The lowest BCUT2D eigenvalue weighted by Crippen LogP contribution is -1.80. The first-order chi connectivity index (χ1) is 18.6. The molecule has 0 amide bonds. The number of rotatable bonds is 0. The van der Waals surface area contributed by atoms with E-state index >= 15 is 0 Å². The molecule has 0 saturated carbocycles. The van der Waals surface area contributed by atoms with Crippen LogP contribution in [0.4, 0.5) is 0 Å². The van der Waals surface area contributed by atoms with Crippen molar-refractivity contribution in [2.75, 3.05) is 0 Å². The van der Waals surface area contributed by atoms with Crippen molar-refractivity contribution in [3.05, 3.63) is 103 Å². The molecule has 3 heterocycles. The highest BCUT2D eigenvalue weighted by molar-refractivity contribution is 6.41. The zero-order chi connectivity index (χ0) is 28.3. The second-order valence-corrected chi connectivity index (χ2v) is 10.2. The molecule has 40 heavy (non-hydrogen) atoms. The molecule has 0 aliphatic carbocycles. The zero-order valence-corrected chi connectivity index (χ0v) is 23.9. The minimum absolute atomic E-state index is 0. The standard InChI is InChI=1S/3C9H5Cl2NO.Al.3H/c3*10-6-4-7(11)9(13)8-5(6)2-1-3-12-8;;;;/h3*1-4,13H;;;;.